The summed E-state index contributed by atoms with van der Waals surface area (Å²) >= 11 is 12.2. The first-order valence-electron chi connectivity index (χ1n) is 6.38. The van der Waals surface area contributed by atoms with Gasteiger partial charge in [0, 0.05) is 18.5 Å². The number of fused-ring (bicyclic) bond motifs is 1. The van der Waals surface area contributed by atoms with Gasteiger partial charge in [0.1, 0.15) is 4.90 Å². The zero-order chi connectivity index (χ0) is 16.7. The number of carboxylic acids is 1. The minimum atomic E-state index is -3.83. The van der Waals surface area contributed by atoms with Crippen molar-refractivity contribution in [3.05, 3.63) is 28.1 Å². The van der Waals surface area contributed by atoms with Crippen LogP contribution in [0.1, 0.15) is 24.4 Å². The fraction of sp³-hybridized carbons (Fsp3) is 0.308. The van der Waals surface area contributed by atoms with Crippen LogP contribution in [0.2, 0.25) is 10.0 Å². The van der Waals surface area contributed by atoms with Crippen LogP contribution in [0.5, 0.6) is 0 Å². The van der Waals surface area contributed by atoms with Crippen LogP contribution in [-0.4, -0.2) is 36.9 Å². The van der Waals surface area contributed by atoms with Crippen molar-refractivity contribution < 1.29 is 22.7 Å². The molecule has 0 spiro atoms. The lowest BCUT2D eigenvalue weighted by Crippen LogP contribution is -2.30. The van der Waals surface area contributed by atoms with E-state index in [2.05, 4.69) is 0 Å². The number of sulfonamides is 1. The average Bonchev–Trinajstić information content (AvgIpc) is 2.87. The first-order valence-corrected chi connectivity index (χ1v) is 8.57. The van der Waals surface area contributed by atoms with Crippen LogP contribution in [0.3, 0.4) is 0 Å². The van der Waals surface area contributed by atoms with Crippen molar-refractivity contribution in [3.8, 4) is 0 Å². The smallest absolute Gasteiger partial charge is 0.372 e. The molecular weight excluding hydrogens is 353 g/mol. The summed E-state index contributed by atoms with van der Waals surface area (Å²) in [6.07, 6.45) is 1.14. The Balaban J connectivity index is 2.79. The molecule has 0 amide bonds. The average molecular weight is 366 g/mol. The monoisotopic (exact) mass is 365 g/mol. The first-order chi connectivity index (χ1) is 10.3. The van der Waals surface area contributed by atoms with Crippen molar-refractivity contribution in [2.45, 2.75) is 18.7 Å². The van der Waals surface area contributed by atoms with Crippen molar-refractivity contribution in [3.63, 3.8) is 0 Å². The molecule has 0 atom stereocenters. The molecule has 1 N–H and O–H groups in total. The fourth-order valence-corrected chi connectivity index (χ4v) is 4.53. The van der Waals surface area contributed by atoms with Crippen molar-refractivity contribution >= 4 is 50.0 Å². The van der Waals surface area contributed by atoms with E-state index in [4.69, 9.17) is 32.7 Å². The van der Waals surface area contributed by atoms with Gasteiger partial charge in [0.05, 0.1) is 21.7 Å². The number of aromatic carboxylic acids is 1. The Morgan fingerprint density at radius 1 is 1.27 bits per heavy atom. The number of hydrogen-bond donors (Lipinski definition) is 1. The number of benzene rings is 1. The second kappa shape index (κ2) is 6.08. The number of carbonyl (C=O) groups is 1. The number of nitrogens with zero attached hydrogens (tertiary/aromatic N) is 1. The highest BCUT2D eigenvalue weighted by atomic mass is 35.5. The van der Waals surface area contributed by atoms with Crippen LogP contribution >= 0.6 is 23.2 Å². The maximum Gasteiger partial charge on any atom is 0.372 e. The maximum absolute atomic E-state index is 12.6. The Morgan fingerprint density at radius 2 is 1.86 bits per heavy atom. The van der Waals surface area contributed by atoms with E-state index in [-0.39, 0.29) is 44.6 Å². The highest BCUT2D eigenvalue weighted by Crippen LogP contribution is 2.39. The molecule has 0 aliphatic carbocycles. The number of halogens is 2. The summed E-state index contributed by atoms with van der Waals surface area (Å²) in [6.45, 7) is 3.96. The second-order valence-electron chi connectivity index (χ2n) is 4.43. The Labute approximate surface area is 137 Å². The van der Waals surface area contributed by atoms with Crippen molar-refractivity contribution in [1.29, 1.82) is 0 Å². The minimum absolute atomic E-state index is 0.0812. The molecule has 2 rings (SSSR count). The summed E-state index contributed by atoms with van der Waals surface area (Å²) in [5, 5.41) is 9.03. The van der Waals surface area contributed by atoms with Crippen LogP contribution < -0.4 is 0 Å². The quantitative estimate of drug-likeness (QED) is 0.876. The van der Waals surface area contributed by atoms with Gasteiger partial charge >= 0.3 is 5.97 Å². The molecule has 0 unspecified atom stereocenters. The molecule has 6 nitrogen and oxygen atoms in total. The highest BCUT2D eigenvalue weighted by Gasteiger charge is 2.29. The van der Waals surface area contributed by atoms with Gasteiger partial charge in [-0.2, -0.15) is 4.31 Å². The largest absolute Gasteiger partial charge is 0.475 e. The lowest BCUT2D eigenvalue weighted by Gasteiger charge is -2.19. The predicted octanol–water partition coefficient (Wildman–Crippen LogP) is 3.47. The van der Waals surface area contributed by atoms with Gasteiger partial charge in [-0.1, -0.05) is 37.0 Å². The Kier molecular flexibility index (Phi) is 4.72. The topological polar surface area (TPSA) is 87.8 Å². The van der Waals surface area contributed by atoms with E-state index in [0.717, 1.165) is 6.26 Å². The molecule has 9 heteroatoms. The SMILES string of the molecule is CCN(CC)S(=O)(=O)c1cc2coc(C(=O)O)c2c(Cl)c1Cl. The lowest BCUT2D eigenvalue weighted by atomic mass is 10.2. The first kappa shape index (κ1) is 17.1. The van der Waals surface area contributed by atoms with E-state index in [9.17, 15) is 13.2 Å². The van der Waals surface area contributed by atoms with Crippen molar-refractivity contribution in [2.75, 3.05) is 13.1 Å². The lowest BCUT2D eigenvalue weighted by molar-refractivity contribution is 0.0665. The van der Waals surface area contributed by atoms with Crippen LogP contribution in [-0.2, 0) is 10.0 Å². The molecule has 0 aliphatic rings. The van der Waals surface area contributed by atoms with E-state index >= 15 is 0 Å². The maximum atomic E-state index is 12.6. The van der Waals surface area contributed by atoms with E-state index in [1.807, 2.05) is 0 Å². The summed E-state index contributed by atoms with van der Waals surface area (Å²) in [7, 11) is -3.83. The molecule has 0 radical (unpaired) electrons. The summed E-state index contributed by atoms with van der Waals surface area (Å²) in [4.78, 5) is 10.9. The van der Waals surface area contributed by atoms with Gasteiger partial charge in [-0.15, -0.1) is 0 Å². The standard InChI is InChI=1S/C13H13Cl2NO5S/c1-3-16(4-2)22(19,20)8-5-7-6-21-12(13(17)18)9(7)11(15)10(8)14/h5-6H,3-4H2,1-2H3,(H,17,18). The molecule has 2 aromatic rings. The number of rotatable bonds is 5. The number of furan rings is 1. The normalized spacial score (nSPS) is 12.2. The molecule has 0 fully saturated rings. The molecule has 0 bridgehead atoms. The van der Waals surface area contributed by atoms with Gasteiger partial charge in [0.15, 0.2) is 0 Å². The molecule has 1 aromatic heterocycles. The Hall–Kier alpha value is -1.28. The zero-order valence-electron chi connectivity index (χ0n) is 11.8. The van der Waals surface area contributed by atoms with Crippen LogP contribution in [0, 0.1) is 0 Å². The van der Waals surface area contributed by atoms with Crippen molar-refractivity contribution in [2.24, 2.45) is 0 Å². The Morgan fingerprint density at radius 3 is 2.36 bits per heavy atom. The molecular formula is C13H13Cl2NO5S. The van der Waals surface area contributed by atoms with E-state index in [0.29, 0.717) is 0 Å². The van der Waals surface area contributed by atoms with E-state index < -0.39 is 16.0 Å². The summed E-state index contributed by atoms with van der Waals surface area (Å²) in [6, 6.07) is 1.27. The van der Waals surface area contributed by atoms with Gasteiger partial charge in [-0.25, -0.2) is 13.2 Å². The predicted molar refractivity (Wildman–Crippen MR) is 83.3 cm³/mol. The van der Waals surface area contributed by atoms with E-state index in [1.165, 1.54) is 10.4 Å². The third-order valence-corrected chi connectivity index (χ3v) is 6.31. The third-order valence-electron chi connectivity index (χ3n) is 3.25. The molecule has 0 saturated carbocycles. The van der Waals surface area contributed by atoms with Crippen LogP contribution in [0.4, 0.5) is 0 Å². The third kappa shape index (κ3) is 2.58. The van der Waals surface area contributed by atoms with Crippen LogP contribution in [0.25, 0.3) is 10.8 Å². The van der Waals surface area contributed by atoms with Gasteiger partial charge < -0.3 is 9.52 Å². The van der Waals surface area contributed by atoms with Gasteiger partial charge in [-0.05, 0) is 6.07 Å². The van der Waals surface area contributed by atoms with E-state index in [1.54, 1.807) is 13.8 Å². The highest BCUT2D eigenvalue weighted by molar-refractivity contribution is 7.89. The van der Waals surface area contributed by atoms with Crippen LogP contribution in [0.15, 0.2) is 21.6 Å². The van der Waals surface area contributed by atoms with Gasteiger partial charge in [0.25, 0.3) is 0 Å². The molecule has 120 valence electrons. The fourth-order valence-electron chi connectivity index (χ4n) is 2.17. The Bertz CT molecular complexity index is 840. The summed E-state index contributed by atoms with van der Waals surface area (Å²) in [5.74, 6) is -1.69. The second-order valence-corrected chi connectivity index (χ2v) is 7.09. The summed E-state index contributed by atoms with van der Waals surface area (Å²) < 4.78 is 31.3. The van der Waals surface area contributed by atoms with Gasteiger partial charge in [0.2, 0.25) is 15.8 Å². The number of carboxylic acid groups (broad SMARTS) is 1. The summed E-state index contributed by atoms with van der Waals surface area (Å²) in [5.41, 5.74) is 0. The number of hydrogen-bond acceptors (Lipinski definition) is 4. The molecule has 22 heavy (non-hydrogen) atoms. The van der Waals surface area contributed by atoms with Gasteiger partial charge in [-0.3, -0.25) is 0 Å². The zero-order valence-corrected chi connectivity index (χ0v) is 14.1. The molecule has 0 saturated heterocycles. The van der Waals surface area contributed by atoms with Crippen molar-refractivity contribution in [1.82, 2.24) is 4.31 Å². The molecule has 1 aromatic carbocycles. The minimum Gasteiger partial charge on any atom is -0.475 e. The molecule has 1 heterocycles. The molecule has 0 aliphatic heterocycles.